The number of nitrogens with one attached hydrogen (secondary N) is 1. The molecule has 0 amide bonds. The number of nitrogens with zero attached hydrogens (tertiary/aromatic N) is 1. The molecule has 4 nitrogen and oxygen atoms in total. The average molecular weight is 360 g/mol. The lowest BCUT2D eigenvalue weighted by Crippen LogP contribution is -2.26. The van der Waals surface area contributed by atoms with Crippen molar-refractivity contribution in [3.8, 4) is 0 Å². The molecule has 2 aromatic heterocycles. The zero-order valence-electron chi connectivity index (χ0n) is 16.0. The van der Waals surface area contributed by atoms with Crippen LogP contribution in [0.25, 0.3) is 21.8 Å². The van der Waals surface area contributed by atoms with E-state index < -0.39 is 5.60 Å². The van der Waals surface area contributed by atoms with Crippen molar-refractivity contribution in [3.63, 3.8) is 0 Å². The van der Waals surface area contributed by atoms with Crippen molar-refractivity contribution in [2.75, 3.05) is 0 Å². The summed E-state index contributed by atoms with van der Waals surface area (Å²) in [5.41, 5.74) is 3.97. The molecule has 0 atom stereocenters. The quantitative estimate of drug-likeness (QED) is 0.510. The molecule has 0 saturated heterocycles. The first-order chi connectivity index (χ1) is 12.9. The lowest BCUT2D eigenvalue weighted by molar-refractivity contribution is 0.0544. The Morgan fingerprint density at radius 1 is 0.963 bits per heavy atom. The molecule has 0 aliphatic carbocycles. The number of hydrogen-bond donors (Lipinski definition) is 1. The molecule has 2 heterocycles. The first kappa shape index (κ1) is 17.4. The first-order valence-electron chi connectivity index (χ1n) is 9.30. The van der Waals surface area contributed by atoms with Crippen molar-refractivity contribution < 1.29 is 9.53 Å². The molecule has 0 aliphatic heterocycles. The molecule has 4 rings (SSSR count). The molecule has 4 heteroatoms. The molecule has 1 N–H and O–H groups in total. The highest BCUT2D eigenvalue weighted by molar-refractivity contribution is 5.92. The second-order valence-corrected chi connectivity index (χ2v) is 7.88. The van der Waals surface area contributed by atoms with Crippen LogP contribution in [-0.4, -0.2) is 21.2 Å². The van der Waals surface area contributed by atoms with Crippen LogP contribution in [0.3, 0.4) is 0 Å². The lowest BCUT2D eigenvalue weighted by Gasteiger charge is -2.19. The van der Waals surface area contributed by atoms with Gasteiger partial charge in [-0.1, -0.05) is 36.4 Å². The van der Waals surface area contributed by atoms with Gasteiger partial charge in [-0.3, -0.25) is 4.57 Å². The summed E-state index contributed by atoms with van der Waals surface area (Å²) in [7, 11) is 0. The molecule has 138 valence electrons. The van der Waals surface area contributed by atoms with E-state index >= 15 is 0 Å². The number of carbonyl (C=O) groups excluding carboxylic acids is 1. The van der Waals surface area contributed by atoms with E-state index in [1.807, 2.05) is 51.2 Å². The number of ether oxygens (including phenoxy) is 1. The Hall–Kier alpha value is -3.01. The van der Waals surface area contributed by atoms with Gasteiger partial charge in [-0.2, -0.15) is 0 Å². The fraction of sp³-hybridized carbons (Fsp3) is 0.261. The maximum absolute atomic E-state index is 12.6. The summed E-state index contributed by atoms with van der Waals surface area (Å²) in [6.45, 7) is 5.65. The van der Waals surface area contributed by atoms with Crippen molar-refractivity contribution in [3.05, 3.63) is 72.1 Å². The number of hydrogen-bond acceptors (Lipinski definition) is 2. The second kappa shape index (κ2) is 6.62. The summed E-state index contributed by atoms with van der Waals surface area (Å²) < 4.78 is 7.20. The van der Waals surface area contributed by atoms with Crippen LogP contribution < -0.4 is 0 Å². The Morgan fingerprint density at radius 3 is 2.41 bits per heavy atom. The van der Waals surface area contributed by atoms with E-state index in [-0.39, 0.29) is 6.09 Å². The van der Waals surface area contributed by atoms with E-state index in [2.05, 4.69) is 35.4 Å². The highest BCUT2D eigenvalue weighted by Crippen LogP contribution is 2.25. The van der Waals surface area contributed by atoms with E-state index in [1.54, 1.807) is 4.57 Å². The Labute approximate surface area is 158 Å². The zero-order valence-corrected chi connectivity index (χ0v) is 16.0. The minimum atomic E-state index is -0.521. The number of carbonyl (C=O) groups is 1. The van der Waals surface area contributed by atoms with Gasteiger partial charge in [-0.05, 0) is 56.9 Å². The van der Waals surface area contributed by atoms with Gasteiger partial charge in [0.15, 0.2) is 0 Å². The van der Waals surface area contributed by atoms with E-state index in [0.717, 1.165) is 34.8 Å². The minimum Gasteiger partial charge on any atom is -0.443 e. The molecule has 27 heavy (non-hydrogen) atoms. The molecular formula is C23H24N2O2. The predicted molar refractivity (Wildman–Crippen MR) is 109 cm³/mol. The molecule has 4 aromatic rings. The lowest BCUT2D eigenvalue weighted by atomic mass is 10.0. The number of para-hydroxylation sites is 2. The minimum absolute atomic E-state index is 0.336. The monoisotopic (exact) mass is 360 g/mol. The smallest absolute Gasteiger partial charge is 0.419 e. The van der Waals surface area contributed by atoms with Crippen molar-refractivity contribution in [2.45, 2.75) is 39.2 Å². The van der Waals surface area contributed by atoms with E-state index in [9.17, 15) is 4.79 Å². The Kier molecular flexibility index (Phi) is 4.27. The standard InChI is InChI=1S/C23H24N2O2/c1-23(2,3)27-22(26)25-15-17(19-9-5-7-11-21(19)25)13-12-16-14-24-20-10-6-4-8-18(16)20/h4-11,14-15,24H,12-13H2,1-3H3. The van der Waals surface area contributed by atoms with E-state index in [1.165, 1.54) is 10.9 Å². The number of aromatic nitrogens is 2. The van der Waals surface area contributed by atoms with Crippen molar-refractivity contribution in [1.29, 1.82) is 0 Å². The number of aromatic amines is 1. The zero-order chi connectivity index (χ0) is 19.0. The molecule has 0 spiro atoms. The summed E-state index contributed by atoms with van der Waals surface area (Å²) in [4.78, 5) is 16.0. The number of rotatable bonds is 3. The van der Waals surface area contributed by atoms with Crippen LogP contribution in [0.1, 0.15) is 31.9 Å². The number of H-pyrrole nitrogens is 1. The van der Waals surface area contributed by atoms with Crippen LogP contribution in [0.15, 0.2) is 60.9 Å². The summed E-state index contributed by atoms with van der Waals surface area (Å²) >= 11 is 0. The Morgan fingerprint density at radius 2 is 1.63 bits per heavy atom. The molecule has 0 aliphatic rings. The van der Waals surface area contributed by atoms with Gasteiger partial charge in [0, 0.05) is 28.7 Å². The highest BCUT2D eigenvalue weighted by Gasteiger charge is 2.20. The van der Waals surface area contributed by atoms with Gasteiger partial charge in [0.2, 0.25) is 0 Å². The molecule has 0 radical (unpaired) electrons. The van der Waals surface area contributed by atoms with Gasteiger partial charge in [0.1, 0.15) is 5.60 Å². The molecule has 0 fully saturated rings. The van der Waals surface area contributed by atoms with Crippen LogP contribution in [-0.2, 0) is 17.6 Å². The van der Waals surface area contributed by atoms with Crippen LogP contribution in [0, 0.1) is 0 Å². The normalized spacial score (nSPS) is 12.0. The number of aryl methyl sites for hydroxylation is 2. The molecule has 0 bridgehead atoms. The van der Waals surface area contributed by atoms with Crippen LogP contribution >= 0.6 is 0 Å². The molecule has 0 unspecified atom stereocenters. The highest BCUT2D eigenvalue weighted by atomic mass is 16.6. The van der Waals surface area contributed by atoms with Crippen LogP contribution in [0.4, 0.5) is 4.79 Å². The summed E-state index contributed by atoms with van der Waals surface area (Å²) in [6.07, 6.45) is 5.44. The third-order valence-electron chi connectivity index (χ3n) is 4.72. The maximum Gasteiger partial charge on any atom is 0.419 e. The van der Waals surface area contributed by atoms with Gasteiger partial charge >= 0.3 is 6.09 Å². The fourth-order valence-electron chi connectivity index (χ4n) is 3.52. The maximum atomic E-state index is 12.6. The SMILES string of the molecule is CC(C)(C)OC(=O)n1cc(CCc2c[nH]c3ccccc23)c2ccccc21. The van der Waals surface area contributed by atoms with Crippen molar-refractivity contribution in [2.24, 2.45) is 0 Å². The second-order valence-electron chi connectivity index (χ2n) is 7.88. The summed E-state index contributed by atoms with van der Waals surface area (Å²) in [5, 5.41) is 2.36. The number of benzene rings is 2. The van der Waals surface area contributed by atoms with Crippen molar-refractivity contribution >= 4 is 27.9 Å². The first-order valence-corrected chi connectivity index (χ1v) is 9.30. The topological polar surface area (TPSA) is 47.0 Å². The largest absolute Gasteiger partial charge is 0.443 e. The van der Waals surface area contributed by atoms with Crippen molar-refractivity contribution in [1.82, 2.24) is 9.55 Å². The third-order valence-corrected chi connectivity index (χ3v) is 4.72. The Bertz CT molecular complexity index is 1110. The number of fused-ring (bicyclic) bond motifs is 2. The molecule has 2 aromatic carbocycles. The van der Waals surface area contributed by atoms with E-state index in [4.69, 9.17) is 4.74 Å². The summed E-state index contributed by atoms with van der Waals surface area (Å²) in [5.74, 6) is 0. The molecular weight excluding hydrogens is 336 g/mol. The molecule has 0 saturated carbocycles. The third kappa shape index (κ3) is 3.47. The Balaban J connectivity index is 1.65. The summed E-state index contributed by atoms with van der Waals surface area (Å²) in [6, 6.07) is 16.3. The van der Waals surface area contributed by atoms with E-state index in [0.29, 0.717) is 0 Å². The average Bonchev–Trinajstić information content (AvgIpc) is 3.20. The fourth-order valence-corrected chi connectivity index (χ4v) is 3.52. The van der Waals surface area contributed by atoms with Crippen LogP contribution in [0.5, 0.6) is 0 Å². The van der Waals surface area contributed by atoms with Gasteiger partial charge < -0.3 is 9.72 Å². The van der Waals surface area contributed by atoms with Gasteiger partial charge in [-0.15, -0.1) is 0 Å². The predicted octanol–water partition coefficient (Wildman–Crippen LogP) is 5.69. The van der Waals surface area contributed by atoms with Crippen LogP contribution in [0.2, 0.25) is 0 Å². The van der Waals surface area contributed by atoms with Gasteiger partial charge in [0.25, 0.3) is 0 Å². The van der Waals surface area contributed by atoms with Gasteiger partial charge in [0.05, 0.1) is 5.52 Å². The van der Waals surface area contributed by atoms with Gasteiger partial charge in [-0.25, -0.2) is 4.79 Å².